The lowest BCUT2D eigenvalue weighted by Gasteiger charge is -2.29. The molecule has 0 saturated carbocycles. The lowest BCUT2D eigenvalue weighted by atomic mass is 9.96. The van der Waals surface area contributed by atoms with Crippen molar-refractivity contribution in [1.82, 2.24) is 14.9 Å². The number of thiocarbonyl (C=S) groups is 1. The van der Waals surface area contributed by atoms with Crippen LogP contribution < -0.4 is 19.7 Å². The summed E-state index contributed by atoms with van der Waals surface area (Å²) in [7, 11) is 3.31. The van der Waals surface area contributed by atoms with Crippen molar-refractivity contribution < 1.29 is 9.47 Å². The largest absolute Gasteiger partial charge is 0.497 e. The van der Waals surface area contributed by atoms with E-state index in [1.807, 2.05) is 48.7 Å². The molecule has 4 aromatic rings. The van der Waals surface area contributed by atoms with Crippen LogP contribution in [0.3, 0.4) is 0 Å². The molecule has 2 aromatic carbocycles. The van der Waals surface area contributed by atoms with Crippen molar-refractivity contribution in [2.24, 2.45) is 0 Å². The Hall–Kier alpha value is -3.84. The molecule has 3 heterocycles. The van der Waals surface area contributed by atoms with Gasteiger partial charge in [0.25, 0.3) is 0 Å². The fourth-order valence-electron chi connectivity index (χ4n) is 4.98. The number of nitrogens with zero attached hydrogens (tertiary/aromatic N) is 3. The highest BCUT2D eigenvalue weighted by molar-refractivity contribution is 7.80. The first-order valence-corrected chi connectivity index (χ1v) is 11.9. The molecule has 0 amide bonds. The van der Waals surface area contributed by atoms with E-state index >= 15 is 0 Å². The van der Waals surface area contributed by atoms with E-state index in [1.165, 1.54) is 5.56 Å². The van der Waals surface area contributed by atoms with Crippen LogP contribution >= 0.6 is 12.2 Å². The fraction of sp³-hybridized carbons (Fsp3) is 0.214. The molecule has 2 aromatic heterocycles. The van der Waals surface area contributed by atoms with Crippen LogP contribution in [-0.4, -0.2) is 28.9 Å². The van der Waals surface area contributed by atoms with Crippen molar-refractivity contribution in [2.45, 2.75) is 25.9 Å². The van der Waals surface area contributed by atoms with Crippen molar-refractivity contribution in [2.75, 3.05) is 19.1 Å². The molecular weight excluding hydrogens is 456 g/mol. The summed E-state index contributed by atoms with van der Waals surface area (Å²) in [6, 6.07) is 24.2. The van der Waals surface area contributed by atoms with Gasteiger partial charge in [0.15, 0.2) is 5.11 Å². The second kappa shape index (κ2) is 9.43. The molecule has 0 aliphatic carbocycles. The van der Waals surface area contributed by atoms with Gasteiger partial charge in [0.05, 0.1) is 37.7 Å². The van der Waals surface area contributed by atoms with E-state index in [1.54, 1.807) is 14.2 Å². The minimum absolute atomic E-state index is 0.136. The predicted octanol–water partition coefficient (Wildman–Crippen LogP) is 5.68. The second-order valence-corrected chi connectivity index (χ2v) is 8.92. The van der Waals surface area contributed by atoms with Gasteiger partial charge >= 0.3 is 0 Å². The van der Waals surface area contributed by atoms with Gasteiger partial charge in [0.2, 0.25) is 0 Å². The molecule has 7 heteroatoms. The van der Waals surface area contributed by atoms with Crippen LogP contribution in [0.2, 0.25) is 0 Å². The van der Waals surface area contributed by atoms with Gasteiger partial charge in [0.1, 0.15) is 11.5 Å². The minimum Gasteiger partial charge on any atom is -0.497 e. The van der Waals surface area contributed by atoms with Crippen molar-refractivity contribution in [3.05, 3.63) is 102 Å². The molecule has 1 aliphatic rings. The molecule has 35 heavy (non-hydrogen) atoms. The van der Waals surface area contributed by atoms with E-state index < -0.39 is 0 Å². The number of nitrogens with one attached hydrogen (secondary N) is 1. The third-order valence-electron chi connectivity index (χ3n) is 6.55. The number of aromatic nitrogens is 2. The molecule has 0 spiro atoms. The van der Waals surface area contributed by atoms with Crippen molar-refractivity contribution >= 4 is 23.0 Å². The first kappa shape index (κ1) is 22.9. The molecular formula is C28H28N4O2S. The fourth-order valence-corrected chi connectivity index (χ4v) is 5.31. The number of hydrogen-bond donors (Lipinski definition) is 1. The topological polar surface area (TPSA) is 51.5 Å². The first-order valence-electron chi connectivity index (χ1n) is 11.5. The lowest BCUT2D eigenvalue weighted by molar-refractivity contribution is 0.394. The molecule has 0 unspecified atom stereocenters. The number of anilines is 1. The van der Waals surface area contributed by atoms with Crippen LogP contribution in [0.5, 0.6) is 11.5 Å². The van der Waals surface area contributed by atoms with E-state index in [9.17, 15) is 0 Å². The molecule has 1 aliphatic heterocycles. The SMILES string of the molecule is COc1ccc(N2C(=S)N[C@H](c3ccccn3)[C@H]2c2cc(C)n(-c3ccccc3)c2C)c(OC)c1. The zero-order valence-corrected chi connectivity index (χ0v) is 21.0. The Labute approximate surface area is 211 Å². The van der Waals surface area contributed by atoms with Crippen LogP contribution in [0.25, 0.3) is 5.69 Å². The average Bonchev–Trinajstić information content (AvgIpc) is 3.39. The van der Waals surface area contributed by atoms with Gasteiger partial charge < -0.3 is 24.3 Å². The van der Waals surface area contributed by atoms with Gasteiger partial charge in [-0.15, -0.1) is 0 Å². The van der Waals surface area contributed by atoms with Gasteiger partial charge in [-0.3, -0.25) is 4.98 Å². The zero-order chi connectivity index (χ0) is 24.5. The summed E-state index contributed by atoms with van der Waals surface area (Å²) < 4.78 is 13.5. The molecule has 2 atom stereocenters. The predicted molar refractivity (Wildman–Crippen MR) is 143 cm³/mol. The highest BCUT2D eigenvalue weighted by Crippen LogP contribution is 2.46. The molecule has 1 N–H and O–H groups in total. The lowest BCUT2D eigenvalue weighted by Crippen LogP contribution is -2.30. The minimum atomic E-state index is -0.139. The van der Waals surface area contributed by atoms with E-state index in [0.29, 0.717) is 10.9 Å². The number of hydrogen-bond acceptors (Lipinski definition) is 4. The Bertz CT molecular complexity index is 1350. The van der Waals surface area contributed by atoms with E-state index in [-0.39, 0.29) is 12.1 Å². The Morgan fingerprint density at radius 2 is 1.69 bits per heavy atom. The van der Waals surface area contributed by atoms with E-state index in [4.69, 9.17) is 21.7 Å². The van der Waals surface area contributed by atoms with Gasteiger partial charge in [-0.25, -0.2) is 0 Å². The second-order valence-electron chi connectivity index (χ2n) is 8.53. The number of rotatable bonds is 6. The number of ether oxygens (including phenoxy) is 2. The monoisotopic (exact) mass is 484 g/mol. The Kier molecular flexibility index (Phi) is 6.17. The molecule has 178 valence electrons. The summed E-state index contributed by atoms with van der Waals surface area (Å²) in [6.45, 7) is 4.30. The summed E-state index contributed by atoms with van der Waals surface area (Å²) in [5.41, 5.74) is 6.42. The number of benzene rings is 2. The van der Waals surface area contributed by atoms with Gasteiger partial charge in [-0.2, -0.15) is 0 Å². The van der Waals surface area contributed by atoms with Crippen LogP contribution in [0.15, 0.2) is 79.0 Å². The normalized spacial score (nSPS) is 17.4. The number of aryl methyl sites for hydroxylation is 1. The number of methoxy groups -OCH3 is 2. The summed E-state index contributed by atoms with van der Waals surface area (Å²) in [6.07, 6.45) is 1.82. The summed E-state index contributed by atoms with van der Waals surface area (Å²) in [5.74, 6) is 1.42. The molecule has 0 radical (unpaired) electrons. The maximum Gasteiger partial charge on any atom is 0.174 e. The Balaban J connectivity index is 1.70. The van der Waals surface area contributed by atoms with Crippen molar-refractivity contribution in [3.8, 4) is 17.2 Å². The summed E-state index contributed by atoms with van der Waals surface area (Å²) in [4.78, 5) is 6.82. The van der Waals surface area contributed by atoms with Gasteiger partial charge in [0, 0.05) is 29.3 Å². The summed E-state index contributed by atoms with van der Waals surface area (Å²) >= 11 is 5.92. The quantitative estimate of drug-likeness (QED) is 0.355. The van der Waals surface area contributed by atoms with E-state index in [0.717, 1.165) is 34.2 Å². The smallest absolute Gasteiger partial charge is 0.174 e. The molecule has 1 saturated heterocycles. The number of pyridine rings is 1. The third kappa shape index (κ3) is 4.02. The van der Waals surface area contributed by atoms with Crippen LogP contribution in [0.1, 0.15) is 34.7 Å². The van der Waals surface area contributed by atoms with Crippen LogP contribution in [0, 0.1) is 13.8 Å². The standard InChI is InChI=1S/C28H28N4O2S/c1-18-16-22(19(2)31(18)20-10-6-5-7-11-20)27-26(23-12-8-9-15-29-23)30-28(35)32(27)24-14-13-21(33-3)17-25(24)34-4/h5-17,26-27H,1-4H3,(H,30,35)/t26-,27-/m1/s1. The maximum absolute atomic E-state index is 5.92. The van der Waals surface area contributed by atoms with Crippen molar-refractivity contribution in [3.63, 3.8) is 0 Å². The molecule has 0 bridgehead atoms. The molecule has 5 rings (SSSR count). The van der Waals surface area contributed by atoms with Gasteiger partial charge in [-0.1, -0.05) is 24.3 Å². The zero-order valence-electron chi connectivity index (χ0n) is 20.2. The average molecular weight is 485 g/mol. The van der Waals surface area contributed by atoms with Crippen LogP contribution in [-0.2, 0) is 0 Å². The number of para-hydroxylation sites is 1. The first-order chi connectivity index (χ1) is 17.0. The van der Waals surface area contributed by atoms with E-state index in [2.05, 4.69) is 63.9 Å². The summed E-state index contributed by atoms with van der Waals surface area (Å²) in [5, 5.41) is 4.17. The molecule has 1 fully saturated rings. The highest BCUT2D eigenvalue weighted by Gasteiger charge is 2.43. The van der Waals surface area contributed by atoms with Crippen molar-refractivity contribution in [1.29, 1.82) is 0 Å². The molecule has 6 nitrogen and oxygen atoms in total. The Morgan fingerprint density at radius 3 is 2.37 bits per heavy atom. The van der Waals surface area contributed by atoms with Crippen LogP contribution in [0.4, 0.5) is 5.69 Å². The van der Waals surface area contributed by atoms with Gasteiger partial charge in [-0.05, 0) is 74.1 Å². The maximum atomic E-state index is 5.92. The Morgan fingerprint density at radius 1 is 0.914 bits per heavy atom. The third-order valence-corrected chi connectivity index (χ3v) is 6.86. The highest BCUT2D eigenvalue weighted by atomic mass is 32.1.